The lowest BCUT2D eigenvalue weighted by Crippen LogP contribution is -2.39. The van der Waals surface area contributed by atoms with E-state index in [0.29, 0.717) is 12.1 Å². The van der Waals surface area contributed by atoms with E-state index in [1.807, 2.05) is 18.5 Å². The monoisotopic (exact) mass is 206 g/mol. The molecule has 0 aliphatic carbocycles. The van der Waals surface area contributed by atoms with Gasteiger partial charge in [-0.2, -0.15) is 0 Å². The fourth-order valence-corrected chi connectivity index (χ4v) is 1.35. The smallest absolute Gasteiger partial charge is 0.0315 e. The minimum atomic E-state index is 0.288. The summed E-state index contributed by atoms with van der Waals surface area (Å²) in [7, 11) is 0. The number of rotatable bonds is 3. The third-order valence-electron chi connectivity index (χ3n) is 2.98. The van der Waals surface area contributed by atoms with Crippen molar-refractivity contribution in [3.63, 3.8) is 0 Å². The van der Waals surface area contributed by atoms with Crippen molar-refractivity contribution in [3.8, 4) is 0 Å². The molecule has 0 radical (unpaired) electrons. The van der Waals surface area contributed by atoms with Gasteiger partial charge in [0.2, 0.25) is 0 Å². The molecule has 0 aliphatic rings. The molecule has 1 aromatic heterocycles. The van der Waals surface area contributed by atoms with E-state index in [1.165, 1.54) is 5.56 Å². The Kier molecular flexibility index (Phi) is 3.86. The summed E-state index contributed by atoms with van der Waals surface area (Å²) in [5, 5.41) is 3.60. The molecule has 0 amide bonds. The molecule has 2 atom stereocenters. The van der Waals surface area contributed by atoms with Gasteiger partial charge in [0.1, 0.15) is 0 Å². The van der Waals surface area contributed by atoms with E-state index < -0.39 is 0 Å². The minimum absolute atomic E-state index is 0.288. The van der Waals surface area contributed by atoms with Gasteiger partial charge in [0.15, 0.2) is 0 Å². The fourth-order valence-electron chi connectivity index (χ4n) is 1.35. The molecule has 2 heteroatoms. The van der Waals surface area contributed by atoms with Crippen molar-refractivity contribution in [2.45, 2.75) is 46.7 Å². The molecule has 0 aliphatic heterocycles. The van der Waals surface area contributed by atoms with Crippen LogP contribution >= 0.6 is 0 Å². The van der Waals surface area contributed by atoms with Crippen LogP contribution in [0, 0.1) is 5.41 Å². The molecule has 2 nitrogen and oxygen atoms in total. The Morgan fingerprint density at radius 3 is 2.40 bits per heavy atom. The van der Waals surface area contributed by atoms with Gasteiger partial charge in [-0.3, -0.25) is 4.98 Å². The van der Waals surface area contributed by atoms with Crippen molar-refractivity contribution in [1.82, 2.24) is 10.3 Å². The van der Waals surface area contributed by atoms with Gasteiger partial charge in [0.25, 0.3) is 0 Å². The molecule has 15 heavy (non-hydrogen) atoms. The van der Waals surface area contributed by atoms with Crippen molar-refractivity contribution < 1.29 is 0 Å². The SMILES string of the molecule is CC(NC(C)C(C)(C)C)c1cccnc1. The van der Waals surface area contributed by atoms with Gasteiger partial charge in [0.05, 0.1) is 0 Å². The van der Waals surface area contributed by atoms with Crippen LogP contribution in [0.1, 0.15) is 46.2 Å². The number of nitrogens with zero attached hydrogens (tertiary/aromatic N) is 1. The third-order valence-corrected chi connectivity index (χ3v) is 2.98. The molecule has 0 spiro atoms. The lowest BCUT2D eigenvalue weighted by Gasteiger charge is -2.31. The zero-order valence-electron chi connectivity index (χ0n) is 10.4. The highest BCUT2D eigenvalue weighted by Gasteiger charge is 2.21. The molecule has 0 bridgehead atoms. The second kappa shape index (κ2) is 4.75. The van der Waals surface area contributed by atoms with E-state index in [9.17, 15) is 0 Å². The predicted molar refractivity (Wildman–Crippen MR) is 64.7 cm³/mol. The molecule has 0 saturated heterocycles. The first-order valence-corrected chi connectivity index (χ1v) is 5.57. The number of pyridine rings is 1. The van der Waals surface area contributed by atoms with Crippen LogP contribution in [0.2, 0.25) is 0 Å². The normalized spacial score (nSPS) is 16.1. The highest BCUT2D eigenvalue weighted by atomic mass is 15.0. The Morgan fingerprint density at radius 1 is 1.27 bits per heavy atom. The molecule has 0 fully saturated rings. The molecule has 2 unspecified atom stereocenters. The zero-order chi connectivity index (χ0) is 11.5. The van der Waals surface area contributed by atoms with Crippen molar-refractivity contribution in [1.29, 1.82) is 0 Å². The summed E-state index contributed by atoms with van der Waals surface area (Å²) in [6.45, 7) is 11.2. The first kappa shape index (κ1) is 12.2. The van der Waals surface area contributed by atoms with Gasteiger partial charge in [-0.25, -0.2) is 0 Å². The molecular weight excluding hydrogens is 184 g/mol. The van der Waals surface area contributed by atoms with Gasteiger partial charge in [-0.05, 0) is 30.9 Å². The Morgan fingerprint density at radius 2 is 1.93 bits per heavy atom. The maximum Gasteiger partial charge on any atom is 0.0315 e. The van der Waals surface area contributed by atoms with E-state index >= 15 is 0 Å². The summed E-state index contributed by atoms with van der Waals surface area (Å²) < 4.78 is 0. The molecule has 1 heterocycles. The first-order valence-electron chi connectivity index (χ1n) is 5.57. The number of nitrogens with one attached hydrogen (secondary N) is 1. The van der Waals surface area contributed by atoms with E-state index in [0.717, 1.165) is 0 Å². The molecule has 1 N–H and O–H groups in total. The first-order chi connectivity index (χ1) is 6.91. The van der Waals surface area contributed by atoms with Crippen molar-refractivity contribution in [2.24, 2.45) is 5.41 Å². The molecular formula is C13H22N2. The average Bonchev–Trinajstić information content (AvgIpc) is 2.17. The van der Waals surface area contributed by atoms with Gasteiger partial charge >= 0.3 is 0 Å². The van der Waals surface area contributed by atoms with Crippen LogP contribution in [-0.4, -0.2) is 11.0 Å². The van der Waals surface area contributed by atoms with Crippen LogP contribution in [0.15, 0.2) is 24.5 Å². The predicted octanol–water partition coefficient (Wildman–Crippen LogP) is 3.17. The number of hydrogen-bond acceptors (Lipinski definition) is 2. The maximum absolute atomic E-state index is 4.14. The van der Waals surface area contributed by atoms with Crippen molar-refractivity contribution >= 4 is 0 Å². The summed E-state index contributed by atoms with van der Waals surface area (Å²) in [6, 6.07) is 4.93. The summed E-state index contributed by atoms with van der Waals surface area (Å²) in [5.74, 6) is 0. The highest BCUT2D eigenvalue weighted by Crippen LogP contribution is 2.21. The fraction of sp³-hybridized carbons (Fsp3) is 0.615. The van der Waals surface area contributed by atoms with Crippen molar-refractivity contribution in [2.75, 3.05) is 0 Å². The Labute approximate surface area is 93.1 Å². The van der Waals surface area contributed by atoms with E-state index in [2.05, 4.69) is 51.0 Å². The summed E-state index contributed by atoms with van der Waals surface area (Å²) in [5.41, 5.74) is 1.53. The average molecular weight is 206 g/mol. The molecule has 0 saturated carbocycles. The van der Waals surface area contributed by atoms with E-state index in [1.54, 1.807) is 0 Å². The van der Waals surface area contributed by atoms with Gasteiger partial charge in [0, 0.05) is 24.5 Å². The second-order valence-corrected chi connectivity index (χ2v) is 5.26. The van der Waals surface area contributed by atoms with E-state index in [-0.39, 0.29) is 5.41 Å². The second-order valence-electron chi connectivity index (χ2n) is 5.26. The highest BCUT2D eigenvalue weighted by molar-refractivity contribution is 5.13. The summed E-state index contributed by atoms with van der Waals surface area (Å²) >= 11 is 0. The van der Waals surface area contributed by atoms with Crippen molar-refractivity contribution in [3.05, 3.63) is 30.1 Å². The molecule has 1 rings (SSSR count). The summed E-state index contributed by atoms with van der Waals surface area (Å²) in [6.07, 6.45) is 3.73. The lowest BCUT2D eigenvalue weighted by atomic mass is 9.87. The Hall–Kier alpha value is -0.890. The summed E-state index contributed by atoms with van der Waals surface area (Å²) in [4.78, 5) is 4.14. The van der Waals surface area contributed by atoms with Crippen LogP contribution in [0.5, 0.6) is 0 Å². The van der Waals surface area contributed by atoms with Crippen LogP contribution in [-0.2, 0) is 0 Å². The standard InChI is InChI=1S/C13H22N2/c1-10(12-7-6-8-14-9-12)15-11(2)13(3,4)5/h6-11,15H,1-5H3. The van der Waals surface area contributed by atoms with Crippen LogP contribution in [0.25, 0.3) is 0 Å². The zero-order valence-corrected chi connectivity index (χ0v) is 10.4. The minimum Gasteiger partial charge on any atom is -0.307 e. The third kappa shape index (κ3) is 3.63. The molecule has 84 valence electrons. The quantitative estimate of drug-likeness (QED) is 0.821. The lowest BCUT2D eigenvalue weighted by molar-refractivity contribution is 0.268. The molecule has 0 aromatic carbocycles. The van der Waals surface area contributed by atoms with Crippen LogP contribution in [0.4, 0.5) is 0 Å². The van der Waals surface area contributed by atoms with Gasteiger partial charge in [-0.1, -0.05) is 26.8 Å². The number of hydrogen-bond donors (Lipinski definition) is 1. The van der Waals surface area contributed by atoms with E-state index in [4.69, 9.17) is 0 Å². The largest absolute Gasteiger partial charge is 0.307 e. The van der Waals surface area contributed by atoms with Crippen LogP contribution < -0.4 is 5.32 Å². The van der Waals surface area contributed by atoms with Crippen LogP contribution in [0.3, 0.4) is 0 Å². The number of aromatic nitrogens is 1. The topological polar surface area (TPSA) is 24.9 Å². The van der Waals surface area contributed by atoms with Gasteiger partial charge < -0.3 is 5.32 Å². The maximum atomic E-state index is 4.14. The molecule has 1 aromatic rings. The Bertz CT molecular complexity index is 287. The Balaban J connectivity index is 2.61. The van der Waals surface area contributed by atoms with Gasteiger partial charge in [-0.15, -0.1) is 0 Å².